The molecule has 29 heavy (non-hydrogen) atoms. The number of hydrogen-bond donors (Lipinski definition) is 1. The number of anilines is 1. The lowest BCUT2D eigenvalue weighted by Crippen LogP contribution is -2.53. The molecule has 1 saturated heterocycles. The maximum absolute atomic E-state index is 12.9. The smallest absolute Gasteiger partial charge is 0.369 e. The molecule has 0 bridgehead atoms. The van der Waals surface area contributed by atoms with E-state index in [4.69, 9.17) is 0 Å². The minimum Gasteiger partial charge on any atom is -0.369 e. The van der Waals surface area contributed by atoms with Crippen LogP contribution in [0, 0.1) is 5.82 Å². The van der Waals surface area contributed by atoms with Crippen molar-refractivity contribution in [1.29, 1.82) is 0 Å². The van der Waals surface area contributed by atoms with E-state index in [-0.39, 0.29) is 17.8 Å². The number of amides is 1. The SMILES string of the molecule is CC(C(=O)NCc1ccc(F)cc1)N1CCN(c2cccc(C(F)(F)F)c2)CC1. The van der Waals surface area contributed by atoms with Crippen LogP contribution in [0.5, 0.6) is 0 Å². The van der Waals surface area contributed by atoms with Gasteiger partial charge in [0.25, 0.3) is 0 Å². The van der Waals surface area contributed by atoms with E-state index in [0.29, 0.717) is 38.4 Å². The Kier molecular flexibility index (Phi) is 6.42. The van der Waals surface area contributed by atoms with Crippen molar-refractivity contribution in [3.8, 4) is 0 Å². The van der Waals surface area contributed by atoms with Gasteiger partial charge in [-0.2, -0.15) is 13.2 Å². The lowest BCUT2D eigenvalue weighted by atomic mass is 10.1. The Morgan fingerprint density at radius 2 is 1.72 bits per heavy atom. The number of piperazine rings is 1. The van der Waals surface area contributed by atoms with Gasteiger partial charge in [-0.05, 0) is 42.8 Å². The molecule has 1 aliphatic rings. The molecular weight excluding hydrogens is 386 g/mol. The first-order chi connectivity index (χ1) is 13.7. The Morgan fingerprint density at radius 1 is 1.07 bits per heavy atom. The second kappa shape index (κ2) is 8.82. The molecule has 0 spiro atoms. The predicted molar refractivity (Wildman–Crippen MR) is 103 cm³/mol. The first-order valence-electron chi connectivity index (χ1n) is 9.42. The summed E-state index contributed by atoms with van der Waals surface area (Å²) >= 11 is 0. The highest BCUT2D eigenvalue weighted by atomic mass is 19.4. The van der Waals surface area contributed by atoms with E-state index in [1.807, 2.05) is 9.80 Å². The largest absolute Gasteiger partial charge is 0.416 e. The quantitative estimate of drug-likeness (QED) is 0.766. The Labute approximate surface area is 167 Å². The molecule has 8 heteroatoms. The first-order valence-corrected chi connectivity index (χ1v) is 9.42. The number of carbonyl (C=O) groups is 1. The molecule has 1 aliphatic heterocycles. The number of alkyl halides is 3. The third-order valence-electron chi connectivity index (χ3n) is 5.16. The molecule has 2 aromatic rings. The summed E-state index contributed by atoms with van der Waals surface area (Å²) < 4.78 is 51.7. The van der Waals surface area contributed by atoms with Gasteiger partial charge in [-0.1, -0.05) is 18.2 Å². The van der Waals surface area contributed by atoms with Crippen molar-refractivity contribution >= 4 is 11.6 Å². The first kappa shape index (κ1) is 21.1. The Balaban J connectivity index is 1.52. The summed E-state index contributed by atoms with van der Waals surface area (Å²) in [6.45, 7) is 4.34. The average molecular weight is 409 g/mol. The van der Waals surface area contributed by atoms with Crippen LogP contribution >= 0.6 is 0 Å². The minimum absolute atomic E-state index is 0.137. The molecule has 1 atom stereocenters. The molecule has 2 aromatic carbocycles. The number of benzene rings is 2. The summed E-state index contributed by atoms with van der Waals surface area (Å²) in [7, 11) is 0. The molecule has 1 unspecified atom stereocenters. The van der Waals surface area contributed by atoms with E-state index in [2.05, 4.69) is 5.32 Å². The number of halogens is 4. The van der Waals surface area contributed by atoms with Gasteiger partial charge in [-0.25, -0.2) is 4.39 Å². The zero-order chi connectivity index (χ0) is 21.0. The molecule has 0 aromatic heterocycles. The Hall–Kier alpha value is -2.61. The van der Waals surface area contributed by atoms with E-state index in [0.717, 1.165) is 17.7 Å². The molecule has 1 heterocycles. The van der Waals surface area contributed by atoms with Crippen LogP contribution in [0.3, 0.4) is 0 Å². The number of nitrogens with one attached hydrogen (secondary N) is 1. The number of rotatable bonds is 5. The summed E-state index contributed by atoms with van der Waals surface area (Å²) in [5.74, 6) is -0.464. The topological polar surface area (TPSA) is 35.6 Å². The fourth-order valence-corrected chi connectivity index (χ4v) is 3.35. The van der Waals surface area contributed by atoms with Gasteiger partial charge in [-0.3, -0.25) is 9.69 Å². The third-order valence-corrected chi connectivity index (χ3v) is 5.16. The third kappa shape index (κ3) is 5.47. The summed E-state index contributed by atoms with van der Waals surface area (Å²) in [5, 5.41) is 2.84. The van der Waals surface area contributed by atoms with Crippen LogP contribution in [-0.4, -0.2) is 43.0 Å². The highest BCUT2D eigenvalue weighted by molar-refractivity contribution is 5.81. The van der Waals surface area contributed by atoms with E-state index >= 15 is 0 Å². The molecule has 1 N–H and O–H groups in total. The molecule has 4 nitrogen and oxygen atoms in total. The summed E-state index contributed by atoms with van der Waals surface area (Å²) in [6, 6.07) is 10.9. The predicted octanol–water partition coefficient (Wildman–Crippen LogP) is 3.67. The fourth-order valence-electron chi connectivity index (χ4n) is 3.35. The van der Waals surface area contributed by atoms with Crippen molar-refractivity contribution in [2.45, 2.75) is 25.7 Å². The Morgan fingerprint density at radius 3 is 2.34 bits per heavy atom. The second-order valence-corrected chi connectivity index (χ2v) is 7.09. The molecule has 156 valence electrons. The van der Waals surface area contributed by atoms with E-state index in [1.165, 1.54) is 18.2 Å². The zero-order valence-corrected chi connectivity index (χ0v) is 16.0. The van der Waals surface area contributed by atoms with Gasteiger partial charge in [0.2, 0.25) is 5.91 Å². The second-order valence-electron chi connectivity index (χ2n) is 7.09. The van der Waals surface area contributed by atoms with E-state index in [1.54, 1.807) is 25.1 Å². The molecule has 1 amide bonds. The minimum atomic E-state index is -4.37. The van der Waals surface area contributed by atoms with Crippen LogP contribution in [0.4, 0.5) is 23.2 Å². The monoisotopic (exact) mass is 409 g/mol. The number of carbonyl (C=O) groups excluding carboxylic acids is 1. The van der Waals surface area contributed by atoms with Gasteiger partial charge in [-0.15, -0.1) is 0 Å². The van der Waals surface area contributed by atoms with E-state index in [9.17, 15) is 22.4 Å². The lowest BCUT2D eigenvalue weighted by Gasteiger charge is -2.38. The lowest BCUT2D eigenvalue weighted by molar-refractivity contribution is -0.137. The van der Waals surface area contributed by atoms with E-state index < -0.39 is 11.7 Å². The molecule has 3 rings (SSSR count). The van der Waals surface area contributed by atoms with Gasteiger partial charge in [0.1, 0.15) is 5.82 Å². The van der Waals surface area contributed by atoms with Crippen molar-refractivity contribution in [1.82, 2.24) is 10.2 Å². The fraction of sp³-hybridized carbons (Fsp3) is 0.381. The average Bonchev–Trinajstić information content (AvgIpc) is 2.72. The van der Waals surface area contributed by atoms with Crippen LogP contribution in [0.15, 0.2) is 48.5 Å². The molecule has 1 fully saturated rings. The maximum Gasteiger partial charge on any atom is 0.416 e. The number of nitrogens with zero attached hydrogens (tertiary/aromatic N) is 2. The van der Waals surface area contributed by atoms with Crippen LogP contribution < -0.4 is 10.2 Å². The van der Waals surface area contributed by atoms with Crippen molar-refractivity contribution in [2.24, 2.45) is 0 Å². The van der Waals surface area contributed by atoms with Crippen molar-refractivity contribution in [2.75, 3.05) is 31.1 Å². The Bertz CT molecular complexity index is 831. The molecular formula is C21H23F4N3O. The van der Waals surface area contributed by atoms with Crippen LogP contribution in [0.1, 0.15) is 18.1 Å². The van der Waals surface area contributed by atoms with Gasteiger partial charge >= 0.3 is 6.18 Å². The van der Waals surface area contributed by atoms with Crippen molar-refractivity contribution < 1.29 is 22.4 Å². The van der Waals surface area contributed by atoms with Crippen LogP contribution in [-0.2, 0) is 17.5 Å². The van der Waals surface area contributed by atoms with Crippen molar-refractivity contribution in [3.63, 3.8) is 0 Å². The molecule has 0 radical (unpaired) electrons. The normalized spacial score (nSPS) is 16.5. The number of hydrogen-bond acceptors (Lipinski definition) is 3. The molecule has 0 saturated carbocycles. The standard InChI is InChI=1S/C21H23F4N3O/c1-15(20(29)26-14-16-5-7-18(22)8-6-16)27-9-11-28(12-10-27)19-4-2-3-17(13-19)21(23,24)25/h2-8,13,15H,9-12,14H2,1H3,(H,26,29). The van der Waals surface area contributed by atoms with Gasteiger partial charge in [0.05, 0.1) is 11.6 Å². The summed E-state index contributed by atoms with van der Waals surface area (Å²) in [4.78, 5) is 16.3. The van der Waals surface area contributed by atoms with Crippen LogP contribution in [0.2, 0.25) is 0 Å². The zero-order valence-electron chi connectivity index (χ0n) is 16.0. The van der Waals surface area contributed by atoms with Crippen LogP contribution in [0.25, 0.3) is 0 Å². The summed E-state index contributed by atoms with van der Waals surface area (Å²) in [6.07, 6.45) is -4.37. The van der Waals surface area contributed by atoms with Gasteiger partial charge in [0, 0.05) is 38.4 Å². The summed E-state index contributed by atoms with van der Waals surface area (Å²) in [5.41, 5.74) is 0.681. The van der Waals surface area contributed by atoms with Crippen molar-refractivity contribution in [3.05, 3.63) is 65.5 Å². The van der Waals surface area contributed by atoms with Gasteiger partial charge in [0.15, 0.2) is 0 Å². The molecule has 0 aliphatic carbocycles. The highest BCUT2D eigenvalue weighted by Crippen LogP contribution is 2.31. The highest BCUT2D eigenvalue weighted by Gasteiger charge is 2.31. The van der Waals surface area contributed by atoms with Gasteiger partial charge < -0.3 is 10.2 Å². The maximum atomic E-state index is 12.9.